The molecule has 1 aromatic carbocycles. The van der Waals surface area contributed by atoms with Gasteiger partial charge in [-0.25, -0.2) is 0 Å². The molecule has 0 aliphatic heterocycles. The fourth-order valence-electron chi connectivity index (χ4n) is 2.37. The molecular formula is C15H19BrClN3. The molecule has 1 unspecified atom stereocenters. The number of aromatic nitrogens is 2. The summed E-state index contributed by atoms with van der Waals surface area (Å²) < 4.78 is 3.00. The number of hydrogen-bond acceptors (Lipinski definition) is 2. The molecule has 3 nitrogen and oxygen atoms in total. The maximum Gasteiger partial charge on any atom is 0.0847 e. The second-order valence-electron chi connectivity index (χ2n) is 5.02. The Morgan fingerprint density at radius 1 is 1.40 bits per heavy atom. The highest BCUT2D eigenvalue weighted by Gasteiger charge is 2.17. The fourth-order valence-corrected chi connectivity index (χ4v) is 2.85. The van der Waals surface area contributed by atoms with E-state index in [1.165, 1.54) is 11.1 Å². The standard InChI is InChI=1S/C15H19BrClN3/c1-9-7-11(5-6-12(9)16)13(18-3)8-14-15(17)10(2)19-20(14)4/h5-7,13,18H,8H2,1-4H3. The molecule has 0 saturated heterocycles. The lowest BCUT2D eigenvalue weighted by Crippen LogP contribution is -2.20. The van der Waals surface area contributed by atoms with E-state index in [0.29, 0.717) is 0 Å². The molecular weight excluding hydrogens is 338 g/mol. The Morgan fingerprint density at radius 3 is 2.60 bits per heavy atom. The second kappa shape index (κ2) is 6.29. The average Bonchev–Trinajstić information content (AvgIpc) is 2.65. The predicted molar refractivity (Wildman–Crippen MR) is 87.3 cm³/mol. The van der Waals surface area contributed by atoms with Crippen molar-refractivity contribution in [3.05, 3.63) is 50.2 Å². The van der Waals surface area contributed by atoms with Gasteiger partial charge in [-0.15, -0.1) is 0 Å². The third-order valence-corrected chi connectivity index (χ3v) is 4.97. The minimum atomic E-state index is 0.217. The summed E-state index contributed by atoms with van der Waals surface area (Å²) in [6.45, 7) is 4.03. The van der Waals surface area contributed by atoms with Gasteiger partial charge in [-0.05, 0) is 38.1 Å². The molecule has 0 aliphatic rings. The van der Waals surface area contributed by atoms with Crippen molar-refractivity contribution in [3.63, 3.8) is 0 Å². The SMILES string of the molecule is CNC(Cc1c(Cl)c(C)nn1C)c1ccc(Br)c(C)c1. The Labute approximate surface area is 133 Å². The Morgan fingerprint density at radius 2 is 2.10 bits per heavy atom. The molecule has 108 valence electrons. The highest BCUT2D eigenvalue weighted by Crippen LogP contribution is 2.27. The number of nitrogens with zero attached hydrogens (tertiary/aromatic N) is 2. The smallest absolute Gasteiger partial charge is 0.0847 e. The molecule has 5 heteroatoms. The van der Waals surface area contributed by atoms with E-state index in [-0.39, 0.29) is 6.04 Å². The summed E-state index contributed by atoms with van der Waals surface area (Å²) in [6, 6.07) is 6.64. The first-order valence-electron chi connectivity index (χ1n) is 6.55. The van der Waals surface area contributed by atoms with Crippen LogP contribution < -0.4 is 5.32 Å². The first kappa shape index (κ1) is 15.5. The molecule has 0 radical (unpaired) electrons. The van der Waals surface area contributed by atoms with Crippen molar-refractivity contribution in [1.29, 1.82) is 0 Å². The van der Waals surface area contributed by atoms with Crippen LogP contribution in [0.3, 0.4) is 0 Å². The Kier molecular flexibility index (Phi) is 4.89. The van der Waals surface area contributed by atoms with Crippen molar-refractivity contribution in [2.75, 3.05) is 7.05 Å². The number of halogens is 2. The van der Waals surface area contributed by atoms with Crippen molar-refractivity contribution in [2.45, 2.75) is 26.3 Å². The minimum Gasteiger partial charge on any atom is -0.313 e. The molecule has 0 fully saturated rings. The molecule has 0 saturated carbocycles. The summed E-state index contributed by atoms with van der Waals surface area (Å²) in [5, 5.41) is 8.50. The lowest BCUT2D eigenvalue weighted by molar-refractivity contribution is 0.561. The fraction of sp³-hybridized carbons (Fsp3) is 0.400. The van der Waals surface area contributed by atoms with Gasteiger partial charge in [-0.3, -0.25) is 4.68 Å². The van der Waals surface area contributed by atoms with Crippen LogP contribution in [-0.2, 0) is 13.5 Å². The van der Waals surface area contributed by atoms with Gasteiger partial charge in [-0.2, -0.15) is 5.10 Å². The molecule has 20 heavy (non-hydrogen) atoms. The Hall–Kier alpha value is -0.840. The summed E-state index contributed by atoms with van der Waals surface area (Å²) in [5.41, 5.74) is 4.42. The molecule has 0 aliphatic carbocycles. The zero-order valence-corrected chi connectivity index (χ0v) is 14.5. The highest BCUT2D eigenvalue weighted by molar-refractivity contribution is 9.10. The van der Waals surface area contributed by atoms with Crippen molar-refractivity contribution in [2.24, 2.45) is 7.05 Å². The van der Waals surface area contributed by atoms with Gasteiger partial charge in [0.2, 0.25) is 0 Å². The topological polar surface area (TPSA) is 29.9 Å². The molecule has 2 rings (SSSR count). The molecule has 0 bridgehead atoms. The molecule has 1 atom stereocenters. The third-order valence-electron chi connectivity index (χ3n) is 3.59. The van der Waals surface area contributed by atoms with Crippen LogP contribution in [0.5, 0.6) is 0 Å². The van der Waals surface area contributed by atoms with E-state index in [9.17, 15) is 0 Å². The minimum absolute atomic E-state index is 0.217. The van der Waals surface area contributed by atoms with E-state index in [4.69, 9.17) is 11.6 Å². The maximum absolute atomic E-state index is 6.34. The summed E-state index contributed by atoms with van der Waals surface area (Å²) in [7, 11) is 3.91. The van der Waals surface area contributed by atoms with Crippen LogP contribution >= 0.6 is 27.5 Å². The van der Waals surface area contributed by atoms with Gasteiger partial charge in [0, 0.05) is 24.0 Å². The van der Waals surface area contributed by atoms with Crippen molar-refractivity contribution in [1.82, 2.24) is 15.1 Å². The zero-order chi connectivity index (χ0) is 14.9. The van der Waals surface area contributed by atoms with E-state index in [1.807, 2.05) is 25.7 Å². The van der Waals surface area contributed by atoms with Gasteiger partial charge in [0.1, 0.15) is 0 Å². The van der Waals surface area contributed by atoms with Gasteiger partial charge in [0.25, 0.3) is 0 Å². The van der Waals surface area contributed by atoms with Gasteiger partial charge in [0.05, 0.1) is 16.4 Å². The summed E-state index contributed by atoms with van der Waals surface area (Å²) in [6.07, 6.45) is 0.813. The molecule has 2 aromatic rings. The third kappa shape index (κ3) is 3.08. The number of rotatable bonds is 4. The van der Waals surface area contributed by atoms with Crippen LogP contribution in [0.15, 0.2) is 22.7 Å². The average molecular weight is 357 g/mol. The summed E-state index contributed by atoms with van der Waals surface area (Å²) in [5.74, 6) is 0. The largest absolute Gasteiger partial charge is 0.313 e. The Bertz CT molecular complexity index is 622. The van der Waals surface area contributed by atoms with E-state index in [0.717, 1.165) is 27.3 Å². The van der Waals surface area contributed by atoms with Gasteiger partial charge >= 0.3 is 0 Å². The second-order valence-corrected chi connectivity index (χ2v) is 6.26. The monoisotopic (exact) mass is 355 g/mol. The lowest BCUT2D eigenvalue weighted by atomic mass is 10.00. The van der Waals surface area contributed by atoms with Gasteiger partial charge in [0.15, 0.2) is 0 Å². The summed E-state index contributed by atoms with van der Waals surface area (Å²) >= 11 is 9.88. The highest BCUT2D eigenvalue weighted by atomic mass is 79.9. The van der Waals surface area contributed by atoms with Crippen molar-refractivity contribution < 1.29 is 0 Å². The van der Waals surface area contributed by atoms with Crippen LogP contribution in [0.2, 0.25) is 5.02 Å². The number of likely N-dealkylation sites (N-methyl/N-ethyl adjacent to an activating group) is 1. The molecule has 0 amide bonds. The van der Waals surface area contributed by atoms with Gasteiger partial charge in [-0.1, -0.05) is 39.7 Å². The number of nitrogens with one attached hydrogen (secondary N) is 1. The van der Waals surface area contributed by atoms with Crippen LogP contribution in [0.25, 0.3) is 0 Å². The van der Waals surface area contributed by atoms with E-state index >= 15 is 0 Å². The van der Waals surface area contributed by atoms with Crippen molar-refractivity contribution >= 4 is 27.5 Å². The zero-order valence-electron chi connectivity index (χ0n) is 12.2. The molecule has 1 aromatic heterocycles. The normalized spacial score (nSPS) is 12.7. The van der Waals surface area contributed by atoms with E-state index in [2.05, 4.69) is 51.5 Å². The van der Waals surface area contributed by atoms with E-state index in [1.54, 1.807) is 0 Å². The molecule has 1 N–H and O–H groups in total. The first-order valence-corrected chi connectivity index (χ1v) is 7.72. The van der Waals surface area contributed by atoms with Crippen LogP contribution in [-0.4, -0.2) is 16.8 Å². The number of hydrogen-bond donors (Lipinski definition) is 1. The van der Waals surface area contributed by atoms with Gasteiger partial charge < -0.3 is 5.32 Å². The molecule has 0 spiro atoms. The quantitative estimate of drug-likeness (QED) is 0.899. The molecule has 1 heterocycles. The predicted octanol–water partition coefficient (Wildman–Crippen LogP) is 3.96. The van der Waals surface area contributed by atoms with Crippen molar-refractivity contribution in [3.8, 4) is 0 Å². The number of aryl methyl sites for hydroxylation is 3. The van der Waals surface area contributed by atoms with Crippen LogP contribution in [0, 0.1) is 13.8 Å². The first-order chi connectivity index (χ1) is 9.43. The van der Waals surface area contributed by atoms with E-state index < -0.39 is 0 Å². The lowest BCUT2D eigenvalue weighted by Gasteiger charge is -2.18. The maximum atomic E-state index is 6.34. The summed E-state index contributed by atoms with van der Waals surface area (Å²) in [4.78, 5) is 0. The van der Waals surface area contributed by atoms with Crippen LogP contribution in [0.4, 0.5) is 0 Å². The number of benzene rings is 1. The van der Waals surface area contributed by atoms with Crippen LogP contribution in [0.1, 0.15) is 28.6 Å². The Balaban J connectivity index is 2.31.